The van der Waals surface area contributed by atoms with Gasteiger partial charge in [0.25, 0.3) is 0 Å². The third-order valence-electron chi connectivity index (χ3n) is 3.26. The van der Waals surface area contributed by atoms with Gasteiger partial charge in [-0.3, -0.25) is 0 Å². The van der Waals surface area contributed by atoms with E-state index in [-0.39, 0.29) is 0 Å². The van der Waals surface area contributed by atoms with Crippen LogP contribution in [0.2, 0.25) is 0 Å². The van der Waals surface area contributed by atoms with Gasteiger partial charge >= 0.3 is 0 Å². The highest BCUT2D eigenvalue weighted by Gasteiger charge is 2.11. The van der Waals surface area contributed by atoms with Crippen LogP contribution in [-0.4, -0.2) is 24.7 Å². The molecule has 1 aromatic carbocycles. The van der Waals surface area contributed by atoms with Crippen molar-refractivity contribution in [1.82, 2.24) is 10.3 Å². The smallest absolute Gasteiger partial charge is 0.142 e. The molecule has 0 aliphatic carbocycles. The molecule has 2 N–H and O–H groups in total. The Kier molecular flexibility index (Phi) is 3.92. The Morgan fingerprint density at radius 3 is 2.78 bits per heavy atom. The van der Waals surface area contributed by atoms with E-state index >= 15 is 0 Å². The Bertz CT molecular complexity index is 529. The number of rotatable bonds is 5. The van der Waals surface area contributed by atoms with Crippen molar-refractivity contribution >= 4 is 10.9 Å². The van der Waals surface area contributed by atoms with Crippen LogP contribution < -0.4 is 10.1 Å². The van der Waals surface area contributed by atoms with Crippen LogP contribution in [0.3, 0.4) is 0 Å². The lowest BCUT2D eigenvalue weighted by atomic mass is 10.1. The van der Waals surface area contributed by atoms with Gasteiger partial charge in [-0.05, 0) is 31.5 Å². The molecule has 3 heteroatoms. The summed E-state index contributed by atoms with van der Waals surface area (Å²) >= 11 is 0. The fraction of sp³-hybridized carbons (Fsp3) is 0.467. The van der Waals surface area contributed by atoms with Crippen LogP contribution in [0.15, 0.2) is 18.2 Å². The minimum absolute atomic E-state index is 0.532. The number of benzene rings is 1. The van der Waals surface area contributed by atoms with E-state index in [1.807, 2.05) is 12.1 Å². The van der Waals surface area contributed by atoms with E-state index in [4.69, 9.17) is 4.74 Å². The number of aromatic nitrogens is 1. The number of aryl methyl sites for hydroxylation is 1. The molecule has 0 saturated carbocycles. The average Bonchev–Trinajstić information content (AvgIpc) is 2.65. The Balaban J connectivity index is 2.30. The third kappa shape index (κ3) is 2.51. The first-order chi connectivity index (χ1) is 8.63. The molecule has 0 atom stereocenters. The number of nitrogens with one attached hydrogen (secondary N) is 2. The van der Waals surface area contributed by atoms with E-state index in [2.05, 4.69) is 37.1 Å². The van der Waals surface area contributed by atoms with Gasteiger partial charge in [0.2, 0.25) is 0 Å². The Morgan fingerprint density at radius 2 is 2.11 bits per heavy atom. The second-order valence-corrected chi connectivity index (χ2v) is 4.97. The van der Waals surface area contributed by atoms with Gasteiger partial charge in [0, 0.05) is 17.1 Å². The maximum Gasteiger partial charge on any atom is 0.142 e. The summed E-state index contributed by atoms with van der Waals surface area (Å²) < 4.78 is 5.39. The first kappa shape index (κ1) is 13.0. The number of hydrogen-bond donors (Lipinski definition) is 2. The summed E-state index contributed by atoms with van der Waals surface area (Å²) in [5, 5.41) is 4.73. The third-order valence-corrected chi connectivity index (χ3v) is 3.26. The molecule has 1 aromatic heterocycles. The molecular weight excluding hydrogens is 224 g/mol. The van der Waals surface area contributed by atoms with Crippen molar-refractivity contribution in [3.8, 4) is 5.75 Å². The van der Waals surface area contributed by atoms with Crippen molar-refractivity contribution in [2.75, 3.05) is 13.7 Å². The monoisotopic (exact) mass is 246 g/mol. The zero-order chi connectivity index (χ0) is 13.1. The van der Waals surface area contributed by atoms with Crippen molar-refractivity contribution in [2.45, 2.75) is 33.2 Å². The molecule has 0 aliphatic heterocycles. The lowest BCUT2D eigenvalue weighted by Gasteiger charge is -2.08. The molecular formula is C15H22N2O. The van der Waals surface area contributed by atoms with E-state index in [9.17, 15) is 0 Å². The standard InChI is InChI=1S/C15H22N2O/c1-10(2)16-9-8-12-11(3)17-15-13(12)6-5-7-14(15)18-4/h5-7,10,16-17H,8-9H2,1-4H3. The molecule has 3 nitrogen and oxygen atoms in total. The van der Waals surface area contributed by atoms with Gasteiger partial charge in [-0.15, -0.1) is 0 Å². The number of methoxy groups -OCH3 is 1. The Labute approximate surface area is 109 Å². The van der Waals surface area contributed by atoms with Crippen LogP contribution in [-0.2, 0) is 6.42 Å². The molecule has 0 bridgehead atoms. The summed E-state index contributed by atoms with van der Waals surface area (Å²) in [6, 6.07) is 6.74. The van der Waals surface area contributed by atoms with Crippen LogP contribution >= 0.6 is 0 Å². The van der Waals surface area contributed by atoms with Crippen LogP contribution in [0.4, 0.5) is 0 Å². The van der Waals surface area contributed by atoms with E-state index in [1.54, 1.807) is 7.11 Å². The second kappa shape index (κ2) is 5.44. The van der Waals surface area contributed by atoms with Gasteiger partial charge in [-0.1, -0.05) is 26.0 Å². The maximum absolute atomic E-state index is 5.39. The first-order valence-electron chi connectivity index (χ1n) is 6.51. The van der Waals surface area contributed by atoms with E-state index in [0.717, 1.165) is 24.2 Å². The van der Waals surface area contributed by atoms with Crippen molar-refractivity contribution in [3.05, 3.63) is 29.5 Å². The lowest BCUT2D eigenvalue weighted by molar-refractivity contribution is 0.419. The molecule has 0 saturated heterocycles. The molecule has 98 valence electrons. The van der Waals surface area contributed by atoms with Gasteiger partial charge in [0.05, 0.1) is 12.6 Å². The van der Waals surface area contributed by atoms with Crippen LogP contribution in [0, 0.1) is 6.92 Å². The van der Waals surface area contributed by atoms with Gasteiger partial charge in [0.15, 0.2) is 0 Å². The van der Waals surface area contributed by atoms with Crippen molar-refractivity contribution in [3.63, 3.8) is 0 Å². The van der Waals surface area contributed by atoms with Crippen LogP contribution in [0.25, 0.3) is 10.9 Å². The lowest BCUT2D eigenvalue weighted by Crippen LogP contribution is -2.25. The zero-order valence-electron chi connectivity index (χ0n) is 11.6. The van der Waals surface area contributed by atoms with Crippen molar-refractivity contribution < 1.29 is 4.74 Å². The first-order valence-corrected chi connectivity index (χ1v) is 6.51. The highest BCUT2D eigenvalue weighted by Crippen LogP contribution is 2.29. The summed E-state index contributed by atoms with van der Waals surface area (Å²) in [6.07, 6.45) is 1.04. The summed E-state index contributed by atoms with van der Waals surface area (Å²) in [6.45, 7) is 7.48. The summed E-state index contributed by atoms with van der Waals surface area (Å²) in [7, 11) is 1.71. The molecule has 0 radical (unpaired) electrons. The highest BCUT2D eigenvalue weighted by molar-refractivity contribution is 5.89. The maximum atomic E-state index is 5.39. The van der Waals surface area contributed by atoms with E-state index in [1.165, 1.54) is 16.6 Å². The number of hydrogen-bond acceptors (Lipinski definition) is 2. The molecule has 0 aliphatic rings. The minimum atomic E-state index is 0.532. The number of fused-ring (bicyclic) bond motifs is 1. The highest BCUT2D eigenvalue weighted by atomic mass is 16.5. The fourth-order valence-corrected chi connectivity index (χ4v) is 2.35. The van der Waals surface area contributed by atoms with Gasteiger partial charge < -0.3 is 15.0 Å². The summed E-state index contributed by atoms with van der Waals surface area (Å²) in [4.78, 5) is 3.43. The quantitative estimate of drug-likeness (QED) is 0.851. The molecule has 0 fully saturated rings. The molecule has 1 heterocycles. The second-order valence-electron chi connectivity index (χ2n) is 4.97. The topological polar surface area (TPSA) is 37.0 Å². The van der Waals surface area contributed by atoms with Crippen molar-refractivity contribution in [1.29, 1.82) is 0 Å². The predicted octanol–water partition coefficient (Wildman–Crippen LogP) is 3.03. The van der Waals surface area contributed by atoms with E-state index < -0.39 is 0 Å². The zero-order valence-corrected chi connectivity index (χ0v) is 11.6. The molecule has 2 rings (SSSR count). The SMILES string of the molecule is COc1cccc2c(CCNC(C)C)c(C)[nH]c12. The van der Waals surface area contributed by atoms with Gasteiger partial charge in [0.1, 0.15) is 5.75 Å². The number of ether oxygens (including phenoxy) is 1. The summed E-state index contributed by atoms with van der Waals surface area (Å²) in [5.41, 5.74) is 3.73. The number of H-pyrrole nitrogens is 1. The Hall–Kier alpha value is -1.48. The Morgan fingerprint density at radius 1 is 1.33 bits per heavy atom. The van der Waals surface area contributed by atoms with Crippen LogP contribution in [0.5, 0.6) is 5.75 Å². The normalized spacial score (nSPS) is 11.4. The van der Waals surface area contributed by atoms with Gasteiger partial charge in [-0.2, -0.15) is 0 Å². The predicted molar refractivity (Wildman–Crippen MR) is 76.4 cm³/mol. The molecule has 0 unspecified atom stereocenters. The average molecular weight is 246 g/mol. The largest absolute Gasteiger partial charge is 0.495 e. The van der Waals surface area contributed by atoms with Crippen molar-refractivity contribution in [2.24, 2.45) is 0 Å². The molecule has 0 amide bonds. The molecule has 0 spiro atoms. The molecule has 18 heavy (non-hydrogen) atoms. The fourth-order valence-electron chi connectivity index (χ4n) is 2.35. The van der Waals surface area contributed by atoms with Gasteiger partial charge in [-0.25, -0.2) is 0 Å². The van der Waals surface area contributed by atoms with E-state index in [0.29, 0.717) is 6.04 Å². The van der Waals surface area contributed by atoms with Crippen LogP contribution in [0.1, 0.15) is 25.1 Å². The molecule has 2 aromatic rings. The minimum Gasteiger partial charge on any atom is -0.495 e. The number of aromatic amines is 1. The summed E-state index contributed by atoms with van der Waals surface area (Å²) in [5.74, 6) is 0.915. The number of para-hydroxylation sites is 1.